The van der Waals surface area contributed by atoms with E-state index in [4.69, 9.17) is 0 Å². The molecule has 0 bridgehead atoms. The Balaban J connectivity index is 1.54. The van der Waals surface area contributed by atoms with Crippen molar-refractivity contribution >= 4 is 63.2 Å². The molecule has 1 aliphatic rings. The van der Waals surface area contributed by atoms with E-state index in [-0.39, 0.29) is 27.6 Å². The van der Waals surface area contributed by atoms with Crippen molar-refractivity contribution in [1.29, 1.82) is 0 Å². The number of halogens is 1. The van der Waals surface area contributed by atoms with Gasteiger partial charge in [-0.3, -0.25) is 9.59 Å². The van der Waals surface area contributed by atoms with Gasteiger partial charge in [-0.2, -0.15) is 0 Å². The lowest BCUT2D eigenvalue weighted by Gasteiger charge is -2.27. The van der Waals surface area contributed by atoms with Crippen LogP contribution in [0.2, 0.25) is 0 Å². The molecule has 2 N–H and O–H groups in total. The van der Waals surface area contributed by atoms with Crippen LogP contribution < -0.4 is 14.9 Å². The van der Waals surface area contributed by atoms with Crippen molar-refractivity contribution < 1.29 is 27.2 Å². The summed E-state index contributed by atoms with van der Waals surface area (Å²) in [4.78, 5) is 38.6. The first-order chi connectivity index (χ1) is 15.2. The zero-order chi connectivity index (χ0) is 23.0. The number of sulfonamides is 1. The number of rotatable bonds is 4. The summed E-state index contributed by atoms with van der Waals surface area (Å²) in [5, 5.41) is 3.75. The van der Waals surface area contributed by atoms with Gasteiger partial charge in [0.15, 0.2) is 0 Å². The molecular weight excluding hydrogens is 477 g/mol. The third kappa shape index (κ3) is 4.24. The van der Waals surface area contributed by atoms with Crippen molar-refractivity contribution in [3.63, 3.8) is 0 Å². The number of nitrogens with one attached hydrogen (secondary N) is 2. The molecule has 0 saturated heterocycles. The number of amides is 4. The number of fused-ring (bicyclic) bond motifs is 1. The summed E-state index contributed by atoms with van der Waals surface area (Å²) < 4.78 is 40.8. The lowest BCUT2D eigenvalue weighted by Crippen LogP contribution is -2.43. The van der Waals surface area contributed by atoms with E-state index in [0.717, 1.165) is 28.4 Å². The number of benzene rings is 2. The average Bonchev–Trinajstić information content (AvgIpc) is 3.26. The van der Waals surface area contributed by atoms with Crippen LogP contribution in [0.5, 0.6) is 0 Å². The Morgan fingerprint density at radius 3 is 2.59 bits per heavy atom. The van der Waals surface area contributed by atoms with Gasteiger partial charge in [-0.1, -0.05) is 12.1 Å². The third-order valence-corrected chi connectivity index (χ3v) is 7.56. The summed E-state index contributed by atoms with van der Waals surface area (Å²) >= 11 is 5.12. The fraction of sp³-hybridized carbons (Fsp3) is 0.0500. The monoisotopic (exact) mass is 491 g/mol. The first-order valence-electron chi connectivity index (χ1n) is 9.02. The normalized spacial score (nSPS) is 13.6. The van der Waals surface area contributed by atoms with Crippen molar-refractivity contribution in [2.24, 2.45) is 0 Å². The number of hydrogen-bond donors (Lipinski definition) is 3. The number of thiol groups is 1. The molecule has 1 aromatic heterocycles. The first-order valence-corrected chi connectivity index (χ1v) is 11.8. The second kappa shape index (κ2) is 8.37. The Morgan fingerprint density at radius 2 is 1.91 bits per heavy atom. The molecule has 0 unspecified atom stereocenters. The molecule has 32 heavy (non-hydrogen) atoms. The molecule has 0 saturated carbocycles. The fourth-order valence-electron chi connectivity index (χ4n) is 3.15. The van der Waals surface area contributed by atoms with Gasteiger partial charge < -0.3 is 5.32 Å². The molecule has 0 aliphatic carbocycles. The molecule has 0 radical (unpaired) electrons. The van der Waals surface area contributed by atoms with E-state index in [9.17, 15) is 27.2 Å². The molecular formula is C20H14FN3O5S3. The number of carbonyl (C=O) groups is 3. The summed E-state index contributed by atoms with van der Waals surface area (Å²) in [6.07, 6.45) is -0.0858. The highest BCUT2D eigenvalue weighted by Gasteiger charge is 2.33. The molecule has 4 rings (SSSR count). The second-order valence-electron chi connectivity index (χ2n) is 6.71. The minimum Gasteiger partial charge on any atom is -0.307 e. The third-order valence-electron chi connectivity index (χ3n) is 4.55. The van der Waals surface area contributed by atoms with Crippen molar-refractivity contribution in [1.82, 2.24) is 4.72 Å². The molecule has 2 heterocycles. The van der Waals surface area contributed by atoms with Crippen LogP contribution in [0.1, 0.15) is 15.9 Å². The van der Waals surface area contributed by atoms with Gasteiger partial charge in [0.05, 0.1) is 12.1 Å². The zero-order valence-electron chi connectivity index (χ0n) is 16.0. The maximum Gasteiger partial charge on any atom is 0.333 e. The van der Waals surface area contributed by atoms with Gasteiger partial charge in [-0.15, -0.1) is 24.0 Å². The molecule has 4 amide bonds. The van der Waals surface area contributed by atoms with Gasteiger partial charge in [0.25, 0.3) is 15.9 Å². The van der Waals surface area contributed by atoms with Crippen LogP contribution in [0.15, 0.2) is 63.0 Å². The van der Waals surface area contributed by atoms with Crippen LogP contribution >= 0.6 is 24.0 Å². The minimum atomic E-state index is -4.06. The van der Waals surface area contributed by atoms with Crippen molar-refractivity contribution in [3.05, 3.63) is 70.9 Å². The Morgan fingerprint density at radius 1 is 1.12 bits per heavy atom. The highest BCUT2D eigenvalue weighted by molar-refractivity contribution is 7.92. The number of carbonyl (C=O) groups excluding carboxylic acids is 3. The summed E-state index contributed by atoms with van der Waals surface area (Å²) in [5.41, 5.74) is 0.417. The molecule has 0 fully saturated rings. The lowest BCUT2D eigenvalue weighted by molar-refractivity contribution is -0.117. The van der Waals surface area contributed by atoms with E-state index in [0.29, 0.717) is 10.5 Å². The fourth-order valence-corrected chi connectivity index (χ4v) is 5.25. The maximum atomic E-state index is 14.8. The molecule has 0 atom stereocenters. The van der Waals surface area contributed by atoms with E-state index >= 15 is 0 Å². The summed E-state index contributed by atoms with van der Waals surface area (Å²) in [7, 11) is -4.06. The van der Waals surface area contributed by atoms with Gasteiger partial charge >= 0.3 is 6.03 Å². The highest BCUT2D eigenvalue weighted by Crippen LogP contribution is 2.30. The predicted octanol–water partition coefficient (Wildman–Crippen LogP) is 3.42. The van der Waals surface area contributed by atoms with E-state index in [1.165, 1.54) is 24.3 Å². The van der Waals surface area contributed by atoms with Gasteiger partial charge in [-0.25, -0.2) is 27.2 Å². The largest absolute Gasteiger partial charge is 0.333 e. The van der Waals surface area contributed by atoms with Crippen molar-refractivity contribution in [2.75, 3.05) is 10.2 Å². The Hall–Kier alpha value is -3.22. The number of urea groups is 1. The van der Waals surface area contributed by atoms with Gasteiger partial charge in [0.1, 0.15) is 10.0 Å². The molecule has 8 nitrogen and oxygen atoms in total. The number of hydrogen-bond acceptors (Lipinski definition) is 7. The Labute approximate surface area is 191 Å². The van der Waals surface area contributed by atoms with Crippen LogP contribution in [0.4, 0.5) is 20.6 Å². The van der Waals surface area contributed by atoms with Gasteiger partial charge in [-0.05, 0) is 47.3 Å². The van der Waals surface area contributed by atoms with E-state index in [1.54, 1.807) is 17.5 Å². The van der Waals surface area contributed by atoms with E-state index in [2.05, 4.69) is 17.9 Å². The number of imide groups is 1. The lowest BCUT2D eigenvalue weighted by atomic mass is 9.98. The maximum absolute atomic E-state index is 14.8. The number of nitrogens with zero attached hydrogens (tertiary/aromatic N) is 1. The molecule has 12 heteroatoms. The second-order valence-corrected chi connectivity index (χ2v) is 10.1. The van der Waals surface area contributed by atoms with Crippen LogP contribution in [0.25, 0.3) is 0 Å². The number of anilines is 2. The van der Waals surface area contributed by atoms with Gasteiger partial charge in [0.2, 0.25) is 5.91 Å². The average molecular weight is 492 g/mol. The van der Waals surface area contributed by atoms with E-state index in [1.807, 2.05) is 4.72 Å². The summed E-state index contributed by atoms with van der Waals surface area (Å²) in [6.45, 7) is 0. The smallest absolute Gasteiger partial charge is 0.307 e. The standard InChI is InChI=1S/C20H14FN3O5S3/c21-15-9-12(22-20(27)23-32(28,29)18-2-1-7-31-18)4-6-16(15)24-17(25)8-11-3-5-13(30)10-14(11)19(24)26/h1-7,9-10,30H,8H2,(H2,22,23,27). The highest BCUT2D eigenvalue weighted by atomic mass is 32.2. The predicted molar refractivity (Wildman–Crippen MR) is 119 cm³/mol. The minimum absolute atomic E-state index is 0.0547. The quantitative estimate of drug-likeness (QED) is 0.382. The van der Waals surface area contributed by atoms with Crippen molar-refractivity contribution in [2.45, 2.75) is 15.5 Å². The van der Waals surface area contributed by atoms with Crippen LogP contribution in [0.3, 0.4) is 0 Å². The Bertz CT molecular complexity index is 1360. The molecule has 0 spiro atoms. The van der Waals surface area contributed by atoms with Crippen LogP contribution in [0, 0.1) is 5.82 Å². The van der Waals surface area contributed by atoms with Crippen LogP contribution in [-0.4, -0.2) is 26.3 Å². The van der Waals surface area contributed by atoms with Crippen molar-refractivity contribution in [3.8, 4) is 0 Å². The molecule has 3 aromatic rings. The number of thiophene rings is 1. The zero-order valence-corrected chi connectivity index (χ0v) is 18.6. The molecule has 2 aromatic carbocycles. The SMILES string of the molecule is O=C(Nc1ccc(N2C(=O)Cc3ccc(S)cc3C2=O)c(F)c1)NS(=O)(=O)c1cccs1. The first kappa shape index (κ1) is 22.0. The molecule has 1 aliphatic heterocycles. The summed E-state index contributed by atoms with van der Waals surface area (Å²) in [6, 6.07) is 9.83. The molecule has 164 valence electrons. The van der Waals surface area contributed by atoms with Crippen LogP contribution in [-0.2, 0) is 21.2 Å². The summed E-state index contributed by atoms with van der Waals surface area (Å²) in [5.74, 6) is -2.24. The van der Waals surface area contributed by atoms with E-state index < -0.39 is 33.7 Å². The topological polar surface area (TPSA) is 113 Å². The Kier molecular flexibility index (Phi) is 5.75. The van der Waals surface area contributed by atoms with Gasteiger partial charge in [0, 0.05) is 16.1 Å².